The summed E-state index contributed by atoms with van der Waals surface area (Å²) in [5, 5.41) is 11.7. The lowest BCUT2D eigenvalue weighted by Gasteiger charge is -2.14. The molecule has 1 amide bonds. The van der Waals surface area contributed by atoms with Gasteiger partial charge in [-0.2, -0.15) is 13.2 Å². The van der Waals surface area contributed by atoms with Gasteiger partial charge in [0.2, 0.25) is 5.88 Å². The smallest absolute Gasteiger partial charge is 0.422 e. The van der Waals surface area contributed by atoms with Gasteiger partial charge in [-0.3, -0.25) is 4.79 Å². The number of nitrogens with one attached hydrogen (secondary N) is 1. The highest BCUT2D eigenvalue weighted by atomic mass is 19.4. The second-order valence-corrected chi connectivity index (χ2v) is 4.49. The van der Waals surface area contributed by atoms with Crippen LogP contribution in [0.3, 0.4) is 0 Å². The van der Waals surface area contributed by atoms with Crippen LogP contribution in [-0.4, -0.2) is 35.4 Å². The lowest BCUT2D eigenvalue weighted by molar-refractivity contribution is -0.154. The molecule has 2 aromatic rings. The molecule has 0 radical (unpaired) electrons. The van der Waals surface area contributed by atoms with Gasteiger partial charge >= 0.3 is 6.18 Å². The summed E-state index contributed by atoms with van der Waals surface area (Å²) < 4.78 is 45.9. The Morgan fingerprint density at radius 2 is 2.13 bits per heavy atom. The monoisotopic (exact) mass is 330 g/mol. The maximum absolute atomic E-state index is 12.1. The Hall–Kier alpha value is -2.55. The van der Waals surface area contributed by atoms with Gasteiger partial charge in [0.15, 0.2) is 6.61 Å². The molecule has 9 heteroatoms. The van der Waals surface area contributed by atoms with E-state index >= 15 is 0 Å². The second-order valence-electron chi connectivity index (χ2n) is 4.49. The molecule has 2 aromatic heterocycles. The number of hydrogen-bond donors (Lipinski definition) is 2. The molecule has 1 atom stereocenters. The normalized spacial score (nSPS) is 12.7. The lowest BCUT2D eigenvalue weighted by Crippen LogP contribution is -2.31. The van der Waals surface area contributed by atoms with E-state index in [-0.39, 0.29) is 11.6 Å². The molecule has 0 aromatic carbocycles. The Labute approximate surface area is 128 Å². The first-order valence-corrected chi connectivity index (χ1v) is 6.51. The number of carbonyl (C=O) groups is 1. The van der Waals surface area contributed by atoms with Crippen LogP contribution in [0.1, 0.15) is 22.3 Å². The largest absolute Gasteiger partial charge is 0.468 e. The first-order valence-electron chi connectivity index (χ1n) is 6.51. The van der Waals surface area contributed by atoms with Gasteiger partial charge in [0.25, 0.3) is 5.91 Å². The number of carbonyl (C=O) groups excluding carboxylic acids is 1. The number of nitrogens with zero attached hydrogens (tertiary/aromatic N) is 1. The predicted octanol–water partition coefficient (Wildman–Crippen LogP) is 2.08. The maximum Gasteiger partial charge on any atom is 0.422 e. The lowest BCUT2D eigenvalue weighted by atomic mass is 10.2. The van der Waals surface area contributed by atoms with Crippen LogP contribution in [0.15, 0.2) is 41.0 Å². The van der Waals surface area contributed by atoms with Crippen LogP contribution in [0.25, 0.3) is 0 Å². The molecule has 1 unspecified atom stereocenters. The molecule has 0 bridgehead atoms. The van der Waals surface area contributed by atoms with Crippen molar-refractivity contribution in [3.63, 3.8) is 0 Å². The van der Waals surface area contributed by atoms with Crippen LogP contribution in [0.2, 0.25) is 0 Å². The minimum absolute atomic E-state index is 0.144. The molecule has 0 aliphatic carbocycles. The Balaban J connectivity index is 2.04. The number of hydrogen-bond acceptors (Lipinski definition) is 5. The molecule has 23 heavy (non-hydrogen) atoms. The first-order chi connectivity index (χ1) is 10.9. The van der Waals surface area contributed by atoms with Gasteiger partial charge in [-0.05, 0) is 18.2 Å². The summed E-state index contributed by atoms with van der Waals surface area (Å²) >= 11 is 0. The van der Waals surface area contributed by atoms with Crippen LogP contribution in [0, 0.1) is 0 Å². The quantitative estimate of drug-likeness (QED) is 0.847. The Morgan fingerprint density at radius 1 is 1.35 bits per heavy atom. The van der Waals surface area contributed by atoms with Crippen molar-refractivity contribution >= 4 is 5.91 Å². The summed E-state index contributed by atoms with van der Waals surface area (Å²) in [6, 6.07) is 6.23. The highest BCUT2D eigenvalue weighted by Crippen LogP contribution is 2.18. The van der Waals surface area contributed by atoms with Gasteiger partial charge < -0.3 is 19.6 Å². The van der Waals surface area contributed by atoms with E-state index in [0.717, 1.165) is 0 Å². The zero-order valence-electron chi connectivity index (χ0n) is 11.7. The summed E-state index contributed by atoms with van der Waals surface area (Å²) in [7, 11) is 0. The molecule has 0 spiro atoms. The van der Waals surface area contributed by atoms with E-state index in [0.29, 0.717) is 5.76 Å². The molecule has 6 nitrogen and oxygen atoms in total. The molecule has 0 fully saturated rings. The SMILES string of the molecule is O=C(NC(CO)c1ccco1)c1cccc(OCC(F)(F)F)n1. The van der Waals surface area contributed by atoms with Crippen LogP contribution >= 0.6 is 0 Å². The molecule has 2 heterocycles. The fraction of sp³-hybridized carbons (Fsp3) is 0.286. The van der Waals surface area contributed by atoms with Crippen molar-refractivity contribution in [3.8, 4) is 5.88 Å². The van der Waals surface area contributed by atoms with Gasteiger partial charge in [0, 0.05) is 6.07 Å². The van der Waals surface area contributed by atoms with E-state index in [2.05, 4.69) is 15.0 Å². The summed E-state index contributed by atoms with van der Waals surface area (Å²) in [6.45, 7) is -1.92. The molecular weight excluding hydrogens is 317 g/mol. The third kappa shape index (κ3) is 4.99. The van der Waals surface area contributed by atoms with Crippen LogP contribution < -0.4 is 10.1 Å². The van der Waals surface area contributed by atoms with Crippen LogP contribution in [-0.2, 0) is 0 Å². The second kappa shape index (κ2) is 7.14. The van der Waals surface area contributed by atoms with E-state index in [1.54, 1.807) is 12.1 Å². The molecule has 0 aliphatic rings. The molecule has 0 saturated heterocycles. The Morgan fingerprint density at radius 3 is 2.74 bits per heavy atom. The predicted molar refractivity (Wildman–Crippen MR) is 71.8 cm³/mol. The maximum atomic E-state index is 12.1. The number of aliphatic hydroxyl groups excluding tert-OH is 1. The number of aliphatic hydroxyl groups is 1. The van der Waals surface area contributed by atoms with E-state index in [4.69, 9.17) is 4.42 Å². The fourth-order valence-corrected chi connectivity index (χ4v) is 1.71. The minimum Gasteiger partial charge on any atom is -0.468 e. The van der Waals surface area contributed by atoms with Gasteiger partial charge in [-0.1, -0.05) is 6.07 Å². The highest BCUT2D eigenvalue weighted by molar-refractivity contribution is 5.92. The van der Waals surface area contributed by atoms with Crippen molar-refractivity contribution in [1.29, 1.82) is 0 Å². The highest BCUT2D eigenvalue weighted by Gasteiger charge is 2.28. The van der Waals surface area contributed by atoms with Crippen molar-refractivity contribution in [2.45, 2.75) is 12.2 Å². The molecule has 124 valence electrons. The number of rotatable bonds is 6. The number of alkyl halides is 3. The van der Waals surface area contributed by atoms with Gasteiger partial charge in [-0.15, -0.1) is 0 Å². The van der Waals surface area contributed by atoms with Crippen LogP contribution in [0.5, 0.6) is 5.88 Å². The Bertz CT molecular complexity index is 644. The zero-order chi connectivity index (χ0) is 16.9. The summed E-state index contributed by atoms with van der Waals surface area (Å²) in [4.78, 5) is 15.8. The molecule has 0 aliphatic heterocycles. The first kappa shape index (κ1) is 16.8. The standard InChI is InChI=1S/C14H13F3N2O4/c15-14(16,17)8-23-12-5-1-3-9(18-12)13(21)19-10(7-20)11-4-2-6-22-11/h1-6,10,20H,7-8H2,(H,19,21). The topological polar surface area (TPSA) is 84.6 Å². The van der Waals surface area contributed by atoms with Crippen molar-refractivity contribution in [1.82, 2.24) is 10.3 Å². The molecule has 0 saturated carbocycles. The molecule has 2 N–H and O–H groups in total. The molecular formula is C14H13F3N2O4. The van der Waals surface area contributed by atoms with E-state index < -0.39 is 31.3 Å². The molecule has 2 rings (SSSR count). The number of aromatic nitrogens is 1. The number of pyridine rings is 1. The summed E-state index contributed by atoms with van der Waals surface area (Å²) in [6.07, 6.45) is -3.12. The number of furan rings is 1. The third-order valence-corrected chi connectivity index (χ3v) is 2.71. The van der Waals surface area contributed by atoms with Gasteiger partial charge in [-0.25, -0.2) is 4.98 Å². The van der Waals surface area contributed by atoms with E-state index in [1.165, 1.54) is 24.5 Å². The third-order valence-electron chi connectivity index (χ3n) is 2.71. The van der Waals surface area contributed by atoms with Crippen molar-refractivity contribution in [2.75, 3.05) is 13.2 Å². The number of ether oxygens (including phenoxy) is 1. The minimum atomic E-state index is -4.50. The fourth-order valence-electron chi connectivity index (χ4n) is 1.71. The van der Waals surface area contributed by atoms with Crippen LogP contribution in [0.4, 0.5) is 13.2 Å². The average Bonchev–Trinajstić information content (AvgIpc) is 3.04. The van der Waals surface area contributed by atoms with E-state index in [9.17, 15) is 23.1 Å². The van der Waals surface area contributed by atoms with Crippen molar-refractivity contribution in [3.05, 3.63) is 48.0 Å². The summed E-state index contributed by atoms with van der Waals surface area (Å²) in [5.41, 5.74) is -0.144. The Kier molecular flexibility index (Phi) is 5.22. The summed E-state index contributed by atoms with van der Waals surface area (Å²) in [5.74, 6) is -0.670. The van der Waals surface area contributed by atoms with Crippen molar-refractivity contribution in [2.24, 2.45) is 0 Å². The zero-order valence-corrected chi connectivity index (χ0v) is 11.7. The van der Waals surface area contributed by atoms with Crippen molar-refractivity contribution < 1.29 is 32.2 Å². The van der Waals surface area contributed by atoms with Gasteiger partial charge in [0.1, 0.15) is 17.5 Å². The number of halogens is 3. The van der Waals surface area contributed by atoms with E-state index in [1.807, 2.05) is 0 Å². The van der Waals surface area contributed by atoms with Gasteiger partial charge in [0.05, 0.1) is 12.9 Å². The average molecular weight is 330 g/mol. The number of amides is 1.